The molecule has 0 saturated carbocycles. The Balaban J connectivity index is 2.29. The van der Waals surface area contributed by atoms with E-state index in [0.29, 0.717) is 16.3 Å². The smallest absolute Gasteiger partial charge is 0.240 e. The van der Waals surface area contributed by atoms with Gasteiger partial charge >= 0.3 is 0 Å². The normalized spacial score (nSPS) is 21.7. The number of nitrogens with one attached hydrogen (secondary N) is 1. The molecule has 90 valence electrons. The molecule has 1 aliphatic heterocycles. The van der Waals surface area contributed by atoms with E-state index in [-0.39, 0.29) is 18.2 Å². The van der Waals surface area contributed by atoms with Gasteiger partial charge in [0.05, 0.1) is 6.10 Å². The first-order valence-electron chi connectivity index (χ1n) is 5.35. The fraction of sp³-hybridized carbons (Fsp3) is 0.333. The van der Waals surface area contributed by atoms with Gasteiger partial charge in [-0.3, -0.25) is 4.79 Å². The van der Waals surface area contributed by atoms with Crippen molar-refractivity contribution >= 4 is 23.2 Å². The third kappa shape index (κ3) is 2.48. The van der Waals surface area contributed by atoms with E-state index in [4.69, 9.17) is 11.6 Å². The largest absolute Gasteiger partial charge is 0.388 e. The first kappa shape index (κ1) is 12.1. The third-order valence-electron chi connectivity index (χ3n) is 2.90. The Morgan fingerprint density at radius 1 is 1.53 bits per heavy atom. The molecular weight excluding hydrogens is 240 g/mol. The zero-order valence-electron chi connectivity index (χ0n) is 9.35. The van der Waals surface area contributed by atoms with Crippen molar-refractivity contribution in [3.63, 3.8) is 0 Å². The van der Waals surface area contributed by atoms with E-state index >= 15 is 0 Å². The summed E-state index contributed by atoms with van der Waals surface area (Å²) in [5, 5.41) is 14.7. The minimum Gasteiger partial charge on any atom is -0.388 e. The van der Waals surface area contributed by atoms with Crippen LogP contribution in [0.5, 0.6) is 0 Å². The molecular formula is C12H13ClN2O2. The van der Waals surface area contributed by atoms with Gasteiger partial charge in [0.15, 0.2) is 0 Å². The molecule has 2 rings (SSSR count). The van der Waals surface area contributed by atoms with Crippen LogP contribution in [0.15, 0.2) is 29.4 Å². The van der Waals surface area contributed by atoms with Crippen LogP contribution < -0.4 is 5.43 Å². The maximum absolute atomic E-state index is 11.3. The van der Waals surface area contributed by atoms with Crippen molar-refractivity contribution in [2.45, 2.75) is 19.4 Å². The number of carbonyl (C=O) groups excluding carboxylic acids is 1. The molecule has 0 aliphatic carbocycles. The fourth-order valence-electron chi connectivity index (χ4n) is 1.90. The SMILES string of the molecule is CC1=NNC(=O)CC1C(O)c1ccccc1Cl. The number of aliphatic hydroxyl groups excluding tert-OH is 1. The number of aliphatic hydroxyl groups is 1. The van der Waals surface area contributed by atoms with Crippen molar-refractivity contribution in [2.75, 3.05) is 0 Å². The average Bonchev–Trinajstić information content (AvgIpc) is 2.32. The maximum Gasteiger partial charge on any atom is 0.240 e. The molecule has 1 amide bonds. The van der Waals surface area contributed by atoms with E-state index in [1.54, 1.807) is 31.2 Å². The molecule has 0 saturated heterocycles. The summed E-state index contributed by atoms with van der Waals surface area (Å²) in [4.78, 5) is 11.3. The minimum atomic E-state index is -0.807. The highest BCUT2D eigenvalue weighted by molar-refractivity contribution is 6.31. The van der Waals surface area contributed by atoms with Crippen LogP contribution in [0.2, 0.25) is 5.02 Å². The summed E-state index contributed by atoms with van der Waals surface area (Å²) in [6.07, 6.45) is -0.583. The number of hydrazone groups is 1. The highest BCUT2D eigenvalue weighted by Gasteiger charge is 2.30. The zero-order valence-corrected chi connectivity index (χ0v) is 10.1. The van der Waals surface area contributed by atoms with Gasteiger partial charge in [-0.1, -0.05) is 29.8 Å². The monoisotopic (exact) mass is 252 g/mol. The molecule has 17 heavy (non-hydrogen) atoms. The second-order valence-corrected chi connectivity index (χ2v) is 4.47. The van der Waals surface area contributed by atoms with Gasteiger partial charge < -0.3 is 5.11 Å². The van der Waals surface area contributed by atoms with E-state index in [9.17, 15) is 9.90 Å². The highest BCUT2D eigenvalue weighted by atomic mass is 35.5. The third-order valence-corrected chi connectivity index (χ3v) is 3.25. The van der Waals surface area contributed by atoms with E-state index < -0.39 is 6.10 Å². The Bertz CT molecular complexity index is 473. The maximum atomic E-state index is 11.3. The average molecular weight is 253 g/mol. The standard InChI is InChI=1S/C12H13ClN2O2/c1-7-9(6-11(16)15-14-7)12(17)8-4-2-3-5-10(8)13/h2-5,9,12,17H,6H2,1H3,(H,15,16). The zero-order chi connectivity index (χ0) is 12.4. The van der Waals surface area contributed by atoms with E-state index in [0.717, 1.165) is 0 Å². The van der Waals surface area contributed by atoms with Crippen molar-refractivity contribution in [2.24, 2.45) is 11.0 Å². The van der Waals surface area contributed by atoms with E-state index in [1.807, 2.05) is 0 Å². The van der Waals surface area contributed by atoms with Crippen LogP contribution in [-0.4, -0.2) is 16.7 Å². The molecule has 2 N–H and O–H groups in total. The van der Waals surface area contributed by atoms with Crippen molar-refractivity contribution in [1.29, 1.82) is 0 Å². The Morgan fingerprint density at radius 2 is 2.24 bits per heavy atom. The summed E-state index contributed by atoms with van der Waals surface area (Å²) in [5.74, 6) is -0.504. The molecule has 2 unspecified atom stereocenters. The molecule has 2 atom stereocenters. The number of rotatable bonds is 2. The quantitative estimate of drug-likeness (QED) is 0.844. The number of hydrogen-bond acceptors (Lipinski definition) is 3. The predicted octanol–water partition coefficient (Wildman–Crippen LogP) is 1.89. The van der Waals surface area contributed by atoms with Crippen molar-refractivity contribution in [3.8, 4) is 0 Å². The molecule has 4 nitrogen and oxygen atoms in total. The van der Waals surface area contributed by atoms with Gasteiger partial charge in [-0.2, -0.15) is 5.10 Å². The summed E-state index contributed by atoms with van der Waals surface area (Å²) in [6, 6.07) is 7.08. The summed E-state index contributed by atoms with van der Waals surface area (Å²) in [5.41, 5.74) is 3.72. The second kappa shape index (κ2) is 4.85. The van der Waals surface area contributed by atoms with Crippen LogP contribution in [0.25, 0.3) is 0 Å². The first-order chi connectivity index (χ1) is 8.09. The molecule has 1 aromatic carbocycles. The Hall–Kier alpha value is -1.39. The first-order valence-corrected chi connectivity index (χ1v) is 5.73. The molecule has 0 bridgehead atoms. The van der Waals surface area contributed by atoms with Crippen LogP contribution in [0, 0.1) is 5.92 Å². The number of halogens is 1. The number of nitrogens with zero attached hydrogens (tertiary/aromatic N) is 1. The highest BCUT2D eigenvalue weighted by Crippen LogP contribution is 2.31. The number of carbonyl (C=O) groups is 1. The molecule has 5 heteroatoms. The second-order valence-electron chi connectivity index (χ2n) is 4.07. The number of benzene rings is 1. The van der Waals surface area contributed by atoms with Crippen molar-refractivity contribution in [3.05, 3.63) is 34.9 Å². The molecule has 1 aliphatic rings. The number of amides is 1. The lowest BCUT2D eigenvalue weighted by atomic mass is 9.88. The fourth-order valence-corrected chi connectivity index (χ4v) is 2.15. The lowest BCUT2D eigenvalue weighted by molar-refractivity contribution is -0.122. The number of hydrogen-bond donors (Lipinski definition) is 2. The van der Waals surface area contributed by atoms with Crippen LogP contribution in [0.1, 0.15) is 25.0 Å². The molecule has 1 heterocycles. The van der Waals surface area contributed by atoms with Gasteiger partial charge in [0.2, 0.25) is 5.91 Å². The molecule has 1 aromatic rings. The predicted molar refractivity (Wildman–Crippen MR) is 65.8 cm³/mol. The molecule has 0 radical (unpaired) electrons. The van der Waals surface area contributed by atoms with E-state index in [2.05, 4.69) is 10.5 Å². The Labute approximate surface area is 104 Å². The summed E-state index contributed by atoms with van der Waals surface area (Å²) >= 11 is 6.02. The van der Waals surface area contributed by atoms with Crippen molar-refractivity contribution in [1.82, 2.24) is 5.43 Å². The van der Waals surface area contributed by atoms with Crippen molar-refractivity contribution < 1.29 is 9.90 Å². The molecule has 0 spiro atoms. The summed E-state index contributed by atoms with van der Waals surface area (Å²) in [6.45, 7) is 1.78. The van der Waals surface area contributed by atoms with Gasteiger partial charge in [0.25, 0.3) is 0 Å². The lowest BCUT2D eigenvalue weighted by Crippen LogP contribution is -2.34. The lowest BCUT2D eigenvalue weighted by Gasteiger charge is -2.26. The van der Waals surface area contributed by atoms with Gasteiger partial charge in [0.1, 0.15) is 0 Å². The van der Waals surface area contributed by atoms with Crippen LogP contribution in [0.4, 0.5) is 0 Å². The van der Waals surface area contributed by atoms with Gasteiger partial charge in [0, 0.05) is 23.1 Å². The van der Waals surface area contributed by atoms with Gasteiger partial charge in [-0.05, 0) is 18.6 Å². The topological polar surface area (TPSA) is 61.7 Å². The summed E-state index contributed by atoms with van der Waals surface area (Å²) in [7, 11) is 0. The minimum absolute atomic E-state index is 0.188. The van der Waals surface area contributed by atoms with Crippen LogP contribution >= 0.6 is 11.6 Å². The van der Waals surface area contributed by atoms with Crippen LogP contribution in [-0.2, 0) is 4.79 Å². The molecule has 0 fully saturated rings. The molecule has 0 aromatic heterocycles. The van der Waals surface area contributed by atoms with E-state index in [1.165, 1.54) is 0 Å². The summed E-state index contributed by atoms with van der Waals surface area (Å²) < 4.78 is 0. The van der Waals surface area contributed by atoms with Gasteiger partial charge in [-0.15, -0.1) is 0 Å². The Morgan fingerprint density at radius 3 is 2.94 bits per heavy atom. The Kier molecular flexibility index (Phi) is 3.45. The van der Waals surface area contributed by atoms with Gasteiger partial charge in [-0.25, -0.2) is 5.43 Å². The van der Waals surface area contributed by atoms with Crippen LogP contribution in [0.3, 0.4) is 0 Å².